The zero-order valence-corrected chi connectivity index (χ0v) is 16.4. The fourth-order valence-electron chi connectivity index (χ4n) is 2.83. The number of nitrogens with zero attached hydrogens (tertiary/aromatic N) is 1. The summed E-state index contributed by atoms with van der Waals surface area (Å²) in [5.41, 5.74) is 0.415. The van der Waals surface area contributed by atoms with Crippen LogP contribution in [0.25, 0.3) is 0 Å². The van der Waals surface area contributed by atoms with Crippen molar-refractivity contribution in [3.05, 3.63) is 52.5 Å². The van der Waals surface area contributed by atoms with Crippen LogP contribution in [0.3, 0.4) is 0 Å². The number of nitrogens with two attached hydrogens (primary N) is 1. The molecule has 0 saturated heterocycles. The van der Waals surface area contributed by atoms with E-state index in [-0.39, 0.29) is 39.1 Å². The Kier molecular flexibility index (Phi) is 4.93. The van der Waals surface area contributed by atoms with Gasteiger partial charge in [-0.1, -0.05) is 17.7 Å². The molecule has 1 aliphatic heterocycles. The number of rotatable bonds is 4. The molecule has 0 unspecified atom stereocenters. The Morgan fingerprint density at radius 2 is 1.85 bits per heavy atom. The first-order valence-corrected chi connectivity index (χ1v) is 11.0. The van der Waals surface area contributed by atoms with Crippen molar-refractivity contribution >= 4 is 37.6 Å². The number of primary sulfonamides is 1. The highest BCUT2D eigenvalue weighted by Gasteiger charge is 2.36. The first-order chi connectivity index (χ1) is 12.6. The van der Waals surface area contributed by atoms with Gasteiger partial charge < -0.3 is 4.74 Å². The molecule has 0 aliphatic carbocycles. The molecule has 0 radical (unpaired) electrons. The van der Waals surface area contributed by atoms with Gasteiger partial charge in [0.15, 0.2) is 0 Å². The molecule has 2 aromatic rings. The molecule has 0 saturated carbocycles. The molecule has 1 heterocycles. The Morgan fingerprint density at radius 3 is 2.44 bits per heavy atom. The quantitative estimate of drug-likeness (QED) is 0.781. The van der Waals surface area contributed by atoms with Crippen LogP contribution in [0.4, 0.5) is 0 Å². The van der Waals surface area contributed by atoms with Crippen molar-refractivity contribution in [3.8, 4) is 5.75 Å². The number of carbonyl (C=O) groups is 1. The van der Waals surface area contributed by atoms with Crippen LogP contribution in [0.1, 0.15) is 15.9 Å². The van der Waals surface area contributed by atoms with Gasteiger partial charge in [-0.3, -0.25) is 4.79 Å². The van der Waals surface area contributed by atoms with Gasteiger partial charge in [-0.25, -0.2) is 26.3 Å². The highest BCUT2D eigenvalue weighted by molar-refractivity contribution is 7.89. The van der Waals surface area contributed by atoms with Crippen LogP contribution in [0, 0.1) is 0 Å². The number of methoxy groups -OCH3 is 1. The molecule has 1 amide bonds. The number of sulfonamides is 2. The minimum atomic E-state index is -4.12. The average Bonchev–Trinajstić information content (AvgIpc) is 2.60. The Hall–Kier alpha value is -2.14. The summed E-state index contributed by atoms with van der Waals surface area (Å²) in [6.45, 7) is -0.142. The SMILES string of the molecule is COc1cc2c(cc1S(N)(=O)=O)CCN(S(=O)(=O)c1cccc(Cl)c1)C2=O. The van der Waals surface area contributed by atoms with Gasteiger partial charge in [0.2, 0.25) is 10.0 Å². The van der Waals surface area contributed by atoms with Crippen molar-refractivity contribution in [2.24, 2.45) is 5.14 Å². The molecule has 0 fully saturated rings. The summed E-state index contributed by atoms with van der Waals surface area (Å²) < 4.78 is 54.9. The van der Waals surface area contributed by atoms with E-state index in [2.05, 4.69) is 0 Å². The van der Waals surface area contributed by atoms with Crippen LogP contribution in [-0.2, 0) is 26.5 Å². The van der Waals surface area contributed by atoms with E-state index >= 15 is 0 Å². The lowest BCUT2D eigenvalue weighted by Crippen LogP contribution is -2.42. The van der Waals surface area contributed by atoms with E-state index in [9.17, 15) is 21.6 Å². The maximum atomic E-state index is 12.8. The van der Waals surface area contributed by atoms with Crippen molar-refractivity contribution < 1.29 is 26.4 Å². The lowest BCUT2D eigenvalue weighted by molar-refractivity contribution is 0.0849. The Morgan fingerprint density at radius 1 is 1.15 bits per heavy atom. The molecule has 0 spiro atoms. The van der Waals surface area contributed by atoms with Gasteiger partial charge in [0.25, 0.3) is 15.9 Å². The van der Waals surface area contributed by atoms with E-state index in [0.29, 0.717) is 5.56 Å². The molecule has 0 bridgehead atoms. The fourth-order valence-corrected chi connectivity index (χ4v) is 5.25. The summed E-state index contributed by atoms with van der Waals surface area (Å²) >= 11 is 5.85. The first-order valence-electron chi connectivity index (χ1n) is 7.62. The molecular weight excluding hydrogens is 416 g/mol. The monoisotopic (exact) mass is 430 g/mol. The van der Waals surface area contributed by atoms with Gasteiger partial charge in [-0.15, -0.1) is 0 Å². The largest absolute Gasteiger partial charge is 0.495 e. The zero-order chi connectivity index (χ0) is 20.0. The van der Waals surface area contributed by atoms with Gasteiger partial charge in [0.1, 0.15) is 10.6 Å². The zero-order valence-electron chi connectivity index (χ0n) is 14.0. The molecule has 2 N–H and O–H groups in total. The van der Waals surface area contributed by atoms with Gasteiger partial charge in [-0.2, -0.15) is 0 Å². The fraction of sp³-hybridized carbons (Fsp3) is 0.188. The second-order valence-corrected chi connectivity index (χ2v) is 9.62. The number of hydrogen-bond donors (Lipinski definition) is 1. The average molecular weight is 431 g/mol. The Balaban J connectivity index is 2.09. The van der Waals surface area contributed by atoms with Crippen LogP contribution in [-0.4, -0.2) is 40.7 Å². The molecule has 2 aromatic carbocycles. The third-order valence-electron chi connectivity index (χ3n) is 4.12. The predicted octanol–water partition coefficient (Wildman–Crippen LogP) is 1.38. The maximum absolute atomic E-state index is 12.8. The highest BCUT2D eigenvalue weighted by Crippen LogP contribution is 2.32. The number of amides is 1. The molecule has 11 heteroatoms. The van der Waals surface area contributed by atoms with Crippen LogP contribution < -0.4 is 9.88 Å². The van der Waals surface area contributed by atoms with Gasteiger partial charge in [0.05, 0.1) is 12.0 Å². The summed E-state index contributed by atoms with van der Waals surface area (Å²) in [4.78, 5) is 12.5. The van der Waals surface area contributed by atoms with Crippen LogP contribution >= 0.6 is 11.6 Å². The summed E-state index contributed by atoms with van der Waals surface area (Å²) in [5, 5.41) is 5.40. The topological polar surface area (TPSA) is 124 Å². The van der Waals surface area contributed by atoms with Crippen LogP contribution in [0.15, 0.2) is 46.2 Å². The summed E-state index contributed by atoms with van der Waals surface area (Å²) in [6.07, 6.45) is 0.132. The number of benzene rings is 2. The molecule has 27 heavy (non-hydrogen) atoms. The summed E-state index contributed by atoms with van der Waals surface area (Å²) in [5.74, 6) is -0.915. The molecule has 144 valence electrons. The number of hydrogen-bond acceptors (Lipinski definition) is 6. The maximum Gasteiger partial charge on any atom is 0.268 e. The molecule has 0 atom stereocenters. The summed E-state index contributed by atoms with van der Waals surface area (Å²) in [6, 6.07) is 8.02. The standard InChI is InChI=1S/C16H15ClN2O6S2/c1-25-14-9-13-10(7-15(14)26(18,21)22)5-6-19(16(13)20)27(23,24)12-4-2-3-11(17)8-12/h2-4,7-9H,5-6H2,1H3,(H2,18,21,22). The van der Waals surface area contributed by atoms with E-state index in [0.717, 1.165) is 4.31 Å². The number of ether oxygens (including phenoxy) is 1. The molecule has 3 rings (SSSR count). The Bertz CT molecular complexity index is 1150. The van der Waals surface area contributed by atoms with Gasteiger partial charge in [-0.05, 0) is 42.3 Å². The van der Waals surface area contributed by atoms with Gasteiger partial charge in [0, 0.05) is 17.1 Å². The van der Waals surface area contributed by atoms with Crippen LogP contribution in [0.5, 0.6) is 5.75 Å². The highest BCUT2D eigenvalue weighted by atomic mass is 35.5. The first kappa shape index (κ1) is 19.6. The lowest BCUT2D eigenvalue weighted by Gasteiger charge is -2.28. The van der Waals surface area contributed by atoms with Crippen molar-refractivity contribution in [1.82, 2.24) is 4.31 Å². The second kappa shape index (κ2) is 6.79. The third-order valence-corrected chi connectivity index (χ3v) is 7.07. The Labute approximate surface area is 161 Å². The smallest absolute Gasteiger partial charge is 0.268 e. The number of fused-ring (bicyclic) bond motifs is 1. The van der Waals surface area contributed by atoms with E-state index in [1.807, 2.05) is 0 Å². The second-order valence-electron chi connectivity index (χ2n) is 5.79. The normalized spacial score (nSPS) is 14.8. The van der Waals surface area contributed by atoms with E-state index < -0.39 is 26.0 Å². The van der Waals surface area contributed by atoms with E-state index in [1.165, 1.54) is 43.5 Å². The molecule has 1 aliphatic rings. The van der Waals surface area contributed by atoms with E-state index in [1.54, 1.807) is 0 Å². The number of carbonyl (C=O) groups excluding carboxylic acids is 1. The third kappa shape index (κ3) is 3.53. The van der Waals surface area contributed by atoms with Crippen molar-refractivity contribution in [2.75, 3.05) is 13.7 Å². The molecule has 8 nitrogen and oxygen atoms in total. The minimum absolute atomic E-state index is 0.0381. The molecular formula is C16H15ClN2O6S2. The lowest BCUT2D eigenvalue weighted by atomic mass is 10.00. The van der Waals surface area contributed by atoms with Gasteiger partial charge >= 0.3 is 0 Å². The van der Waals surface area contributed by atoms with Crippen molar-refractivity contribution in [2.45, 2.75) is 16.2 Å². The van der Waals surface area contributed by atoms with Crippen molar-refractivity contribution in [1.29, 1.82) is 0 Å². The predicted molar refractivity (Wildman–Crippen MR) is 97.7 cm³/mol. The van der Waals surface area contributed by atoms with Crippen molar-refractivity contribution in [3.63, 3.8) is 0 Å². The number of halogens is 1. The van der Waals surface area contributed by atoms with E-state index in [4.69, 9.17) is 21.5 Å². The summed E-state index contributed by atoms with van der Waals surface area (Å²) in [7, 11) is -6.96. The minimum Gasteiger partial charge on any atom is -0.495 e. The molecule has 0 aromatic heterocycles. The van der Waals surface area contributed by atoms with Crippen LogP contribution in [0.2, 0.25) is 5.02 Å².